The number of rotatable bonds is 1. The molecule has 0 fully saturated rings. The number of hydrogen-bond acceptors (Lipinski definition) is 3. The molecule has 1 aromatic carbocycles. The van der Waals surface area contributed by atoms with Crippen molar-refractivity contribution in [2.24, 2.45) is 0 Å². The fraction of sp³-hybridized carbons (Fsp3) is 0.0909. The molecule has 2 aromatic heterocycles. The van der Waals surface area contributed by atoms with Crippen molar-refractivity contribution in [2.45, 2.75) is 0 Å². The molecule has 4 nitrogen and oxygen atoms in total. The van der Waals surface area contributed by atoms with Crippen molar-refractivity contribution in [3.63, 3.8) is 0 Å². The first kappa shape index (κ1) is 8.23. The second-order valence-corrected chi connectivity index (χ2v) is 3.28. The van der Waals surface area contributed by atoms with Gasteiger partial charge >= 0.3 is 0 Å². The minimum absolute atomic E-state index is 0.843. The van der Waals surface area contributed by atoms with Gasteiger partial charge in [0.2, 0.25) is 0 Å². The van der Waals surface area contributed by atoms with Crippen LogP contribution < -0.4 is 4.84 Å². The van der Waals surface area contributed by atoms with Crippen LogP contribution in [0.5, 0.6) is 0 Å². The molecule has 3 rings (SSSR count). The Bertz CT molecular complexity index is 630. The predicted molar refractivity (Wildman–Crippen MR) is 57.5 cm³/mol. The first-order valence-electron chi connectivity index (χ1n) is 4.66. The summed E-state index contributed by atoms with van der Waals surface area (Å²) in [6, 6.07) is 8.05. The minimum Gasteiger partial charge on any atom is -0.399 e. The van der Waals surface area contributed by atoms with E-state index < -0.39 is 0 Å². The lowest BCUT2D eigenvalue weighted by Crippen LogP contribution is -2.06. The molecule has 0 unspecified atom stereocenters. The molecule has 0 aliphatic carbocycles. The van der Waals surface area contributed by atoms with E-state index in [0.29, 0.717) is 0 Å². The first-order chi connectivity index (χ1) is 7.40. The number of hydrogen-bond donors (Lipinski definition) is 0. The Hall–Kier alpha value is -2.10. The zero-order chi connectivity index (χ0) is 10.3. The molecule has 15 heavy (non-hydrogen) atoms. The van der Waals surface area contributed by atoms with Gasteiger partial charge in [-0.15, -0.1) is 5.10 Å². The average Bonchev–Trinajstić information content (AvgIpc) is 2.72. The van der Waals surface area contributed by atoms with Gasteiger partial charge in [0, 0.05) is 17.0 Å². The van der Waals surface area contributed by atoms with E-state index in [9.17, 15) is 0 Å². The van der Waals surface area contributed by atoms with Crippen LogP contribution >= 0.6 is 0 Å². The van der Waals surface area contributed by atoms with Gasteiger partial charge in [-0.25, -0.2) is 0 Å². The summed E-state index contributed by atoms with van der Waals surface area (Å²) >= 11 is 0. The SMILES string of the molecule is COn1ncc2ncc3ccccc3c21. The van der Waals surface area contributed by atoms with E-state index in [2.05, 4.69) is 10.1 Å². The molecule has 0 spiro atoms. The average molecular weight is 199 g/mol. The van der Waals surface area contributed by atoms with Crippen LogP contribution in [0.15, 0.2) is 36.7 Å². The second kappa shape index (κ2) is 2.95. The van der Waals surface area contributed by atoms with Crippen LogP contribution in [0.25, 0.3) is 21.8 Å². The van der Waals surface area contributed by atoms with Gasteiger partial charge in [-0.1, -0.05) is 29.1 Å². The number of benzene rings is 1. The summed E-state index contributed by atoms with van der Waals surface area (Å²) in [5, 5.41) is 6.28. The number of pyridine rings is 1. The fourth-order valence-electron chi connectivity index (χ4n) is 1.76. The van der Waals surface area contributed by atoms with Crippen molar-refractivity contribution in [1.29, 1.82) is 0 Å². The normalized spacial score (nSPS) is 11.0. The van der Waals surface area contributed by atoms with E-state index in [0.717, 1.165) is 21.8 Å². The Labute approximate surface area is 86.1 Å². The molecule has 0 aliphatic heterocycles. The van der Waals surface area contributed by atoms with Crippen molar-refractivity contribution in [1.82, 2.24) is 14.9 Å². The molecule has 3 aromatic rings. The zero-order valence-corrected chi connectivity index (χ0v) is 8.21. The number of nitrogens with zero attached hydrogens (tertiary/aromatic N) is 3. The molecule has 0 amide bonds. The van der Waals surface area contributed by atoms with E-state index in [1.807, 2.05) is 30.5 Å². The highest BCUT2D eigenvalue weighted by atomic mass is 16.7. The second-order valence-electron chi connectivity index (χ2n) is 3.28. The summed E-state index contributed by atoms with van der Waals surface area (Å²) in [7, 11) is 1.59. The maximum Gasteiger partial charge on any atom is 0.136 e. The van der Waals surface area contributed by atoms with E-state index in [4.69, 9.17) is 4.84 Å². The predicted octanol–water partition coefficient (Wildman–Crippen LogP) is 1.64. The monoisotopic (exact) mass is 199 g/mol. The van der Waals surface area contributed by atoms with Gasteiger partial charge in [-0.2, -0.15) is 0 Å². The van der Waals surface area contributed by atoms with Gasteiger partial charge in [0.15, 0.2) is 0 Å². The van der Waals surface area contributed by atoms with Crippen LogP contribution in [0.2, 0.25) is 0 Å². The largest absolute Gasteiger partial charge is 0.399 e. The van der Waals surface area contributed by atoms with Crippen molar-refractivity contribution in [3.8, 4) is 0 Å². The summed E-state index contributed by atoms with van der Waals surface area (Å²) in [6.45, 7) is 0. The third-order valence-electron chi connectivity index (χ3n) is 2.45. The lowest BCUT2D eigenvalue weighted by atomic mass is 10.1. The Kier molecular flexibility index (Phi) is 1.62. The molecule has 0 atom stereocenters. The van der Waals surface area contributed by atoms with Crippen LogP contribution in [-0.2, 0) is 0 Å². The standard InChI is InChI=1S/C11H9N3O/c1-15-14-11-9-5-3-2-4-8(9)6-12-10(11)7-13-14/h2-7H,1H3. The van der Waals surface area contributed by atoms with E-state index >= 15 is 0 Å². The quantitative estimate of drug-likeness (QED) is 0.598. The van der Waals surface area contributed by atoms with Crippen molar-refractivity contribution < 1.29 is 4.84 Å². The third kappa shape index (κ3) is 1.08. The van der Waals surface area contributed by atoms with Gasteiger partial charge in [0.25, 0.3) is 0 Å². The minimum atomic E-state index is 0.843. The highest BCUT2D eigenvalue weighted by Crippen LogP contribution is 2.21. The molecule has 0 aliphatic rings. The first-order valence-corrected chi connectivity index (χ1v) is 4.66. The number of fused-ring (bicyclic) bond motifs is 3. The van der Waals surface area contributed by atoms with E-state index in [1.54, 1.807) is 13.3 Å². The van der Waals surface area contributed by atoms with Crippen molar-refractivity contribution >= 4 is 21.8 Å². The van der Waals surface area contributed by atoms with Crippen LogP contribution in [-0.4, -0.2) is 22.0 Å². The van der Waals surface area contributed by atoms with Crippen molar-refractivity contribution in [3.05, 3.63) is 36.7 Å². The summed E-state index contributed by atoms with van der Waals surface area (Å²) in [5.41, 5.74) is 1.76. The Morgan fingerprint density at radius 3 is 2.93 bits per heavy atom. The van der Waals surface area contributed by atoms with Crippen LogP contribution in [0.4, 0.5) is 0 Å². The van der Waals surface area contributed by atoms with Gasteiger partial charge in [-0.05, 0) is 0 Å². The van der Waals surface area contributed by atoms with Crippen LogP contribution in [0, 0.1) is 0 Å². The molecule has 0 radical (unpaired) electrons. The Morgan fingerprint density at radius 1 is 1.20 bits per heavy atom. The summed E-state index contributed by atoms with van der Waals surface area (Å²) in [4.78, 5) is 10.9. The van der Waals surface area contributed by atoms with Gasteiger partial charge in [-0.3, -0.25) is 4.98 Å². The molecule has 2 heterocycles. The lowest BCUT2D eigenvalue weighted by Gasteiger charge is -2.02. The maximum absolute atomic E-state index is 5.14. The molecule has 74 valence electrons. The summed E-state index contributed by atoms with van der Waals surface area (Å²) in [5.74, 6) is 0. The van der Waals surface area contributed by atoms with Gasteiger partial charge in [0.05, 0.1) is 6.20 Å². The third-order valence-corrected chi connectivity index (χ3v) is 2.45. The molecular weight excluding hydrogens is 190 g/mol. The maximum atomic E-state index is 5.14. The summed E-state index contributed by atoms with van der Waals surface area (Å²) < 4.78 is 0. The highest BCUT2D eigenvalue weighted by Gasteiger charge is 2.07. The molecular formula is C11H9N3O. The van der Waals surface area contributed by atoms with E-state index in [-0.39, 0.29) is 0 Å². The number of aromatic nitrogens is 3. The molecule has 4 heteroatoms. The van der Waals surface area contributed by atoms with E-state index in [1.165, 1.54) is 4.85 Å². The molecule has 0 bridgehead atoms. The highest BCUT2D eigenvalue weighted by molar-refractivity contribution is 6.02. The smallest absolute Gasteiger partial charge is 0.136 e. The van der Waals surface area contributed by atoms with Crippen LogP contribution in [0.1, 0.15) is 0 Å². The van der Waals surface area contributed by atoms with Crippen molar-refractivity contribution in [2.75, 3.05) is 7.11 Å². The van der Waals surface area contributed by atoms with Gasteiger partial charge < -0.3 is 4.84 Å². The zero-order valence-electron chi connectivity index (χ0n) is 8.21. The van der Waals surface area contributed by atoms with Gasteiger partial charge in [0.1, 0.15) is 18.1 Å². The molecule has 0 saturated heterocycles. The summed E-state index contributed by atoms with van der Waals surface area (Å²) in [6.07, 6.45) is 3.55. The fourth-order valence-corrected chi connectivity index (χ4v) is 1.76. The topological polar surface area (TPSA) is 39.9 Å². The molecule has 0 N–H and O–H groups in total. The Balaban J connectivity index is 2.56. The lowest BCUT2D eigenvalue weighted by molar-refractivity contribution is 0.145. The van der Waals surface area contributed by atoms with Crippen LogP contribution in [0.3, 0.4) is 0 Å². The Morgan fingerprint density at radius 2 is 2.07 bits per heavy atom. The molecule has 0 saturated carbocycles.